The molecule has 2 aromatic rings. The summed E-state index contributed by atoms with van der Waals surface area (Å²) in [5.74, 6) is 0.0767. The van der Waals surface area contributed by atoms with Crippen LogP contribution in [0.4, 0.5) is 0 Å². The molecule has 0 saturated carbocycles. The summed E-state index contributed by atoms with van der Waals surface area (Å²) in [6.45, 7) is 3.99. The van der Waals surface area contributed by atoms with Crippen molar-refractivity contribution in [2.45, 2.75) is 31.8 Å². The molecule has 2 heterocycles. The van der Waals surface area contributed by atoms with Gasteiger partial charge in [-0.3, -0.25) is 4.79 Å². The van der Waals surface area contributed by atoms with Crippen LogP contribution in [-0.4, -0.2) is 23.3 Å². The van der Waals surface area contributed by atoms with Crippen LogP contribution in [0.3, 0.4) is 0 Å². The molecule has 2 aliphatic rings. The molecule has 0 spiro atoms. The second-order valence-corrected chi connectivity index (χ2v) is 7.42. The minimum absolute atomic E-state index is 0.0645. The van der Waals surface area contributed by atoms with Crippen molar-refractivity contribution in [1.82, 2.24) is 4.90 Å². The molecule has 0 radical (unpaired) electrons. The maximum Gasteiger partial charge on any atom is 0.177 e. The van der Waals surface area contributed by atoms with Gasteiger partial charge in [-0.1, -0.05) is 36.4 Å². The molecule has 5 heteroatoms. The lowest BCUT2D eigenvalue weighted by atomic mass is 9.68. The van der Waals surface area contributed by atoms with Crippen molar-refractivity contribution < 1.29 is 9.53 Å². The van der Waals surface area contributed by atoms with Gasteiger partial charge in [0.2, 0.25) is 0 Å². The Balaban J connectivity index is 1.92. The maximum atomic E-state index is 12.8. The molecule has 0 amide bonds. The van der Waals surface area contributed by atoms with E-state index < -0.39 is 23.4 Å². The topological polar surface area (TPSA) is 77.1 Å². The number of fused-ring (bicyclic) bond motifs is 3. The van der Waals surface area contributed by atoms with Crippen LogP contribution >= 0.6 is 0 Å². The van der Waals surface area contributed by atoms with Gasteiger partial charge in [0.25, 0.3) is 0 Å². The summed E-state index contributed by atoms with van der Waals surface area (Å²) >= 11 is 0. The van der Waals surface area contributed by atoms with Crippen molar-refractivity contribution in [1.29, 1.82) is 10.5 Å². The van der Waals surface area contributed by atoms with E-state index in [0.717, 1.165) is 22.4 Å². The van der Waals surface area contributed by atoms with Gasteiger partial charge >= 0.3 is 0 Å². The largest absolute Gasteiger partial charge is 0.494 e. The Morgan fingerprint density at radius 2 is 1.83 bits per heavy atom. The Labute approximate surface area is 170 Å². The molecule has 2 aromatic carbocycles. The smallest absolute Gasteiger partial charge is 0.177 e. The fourth-order valence-electron chi connectivity index (χ4n) is 4.76. The fraction of sp³-hybridized carbons (Fsp3) is 0.292. The third-order valence-electron chi connectivity index (χ3n) is 5.91. The van der Waals surface area contributed by atoms with Crippen LogP contribution in [0.15, 0.2) is 54.7 Å². The van der Waals surface area contributed by atoms with E-state index in [1.54, 1.807) is 0 Å². The molecular formula is C24H21N3O2. The number of hydrogen-bond donors (Lipinski definition) is 0. The molecule has 3 atom stereocenters. The normalized spacial score (nSPS) is 23.4. The van der Waals surface area contributed by atoms with Gasteiger partial charge in [-0.2, -0.15) is 10.5 Å². The molecule has 0 bridgehead atoms. The summed E-state index contributed by atoms with van der Waals surface area (Å²) in [5.41, 5.74) is 1.26. The van der Waals surface area contributed by atoms with Crippen LogP contribution < -0.4 is 4.74 Å². The molecule has 1 fully saturated rings. The van der Waals surface area contributed by atoms with E-state index in [1.807, 2.05) is 72.6 Å². The lowest BCUT2D eigenvalue weighted by molar-refractivity contribution is -0.121. The number of Topliss-reactive ketones (excluding diaryl/α,β-unsaturated/α-hetero) is 1. The number of rotatable bonds is 4. The minimum atomic E-state index is -1.40. The van der Waals surface area contributed by atoms with E-state index in [-0.39, 0.29) is 5.78 Å². The van der Waals surface area contributed by atoms with Crippen molar-refractivity contribution in [2.24, 2.45) is 5.41 Å². The number of hydrogen-bond acceptors (Lipinski definition) is 5. The average Bonchev–Trinajstić information content (AvgIpc) is 3.06. The number of nitriles is 2. The van der Waals surface area contributed by atoms with Crippen molar-refractivity contribution in [2.75, 3.05) is 6.61 Å². The highest BCUT2D eigenvalue weighted by molar-refractivity contribution is 5.85. The van der Waals surface area contributed by atoms with Crippen LogP contribution in [0.2, 0.25) is 0 Å². The van der Waals surface area contributed by atoms with Crippen molar-refractivity contribution in [3.63, 3.8) is 0 Å². The summed E-state index contributed by atoms with van der Waals surface area (Å²) in [6.07, 6.45) is 3.80. The van der Waals surface area contributed by atoms with E-state index >= 15 is 0 Å². The monoisotopic (exact) mass is 383 g/mol. The zero-order chi connectivity index (χ0) is 20.6. The van der Waals surface area contributed by atoms with E-state index in [4.69, 9.17) is 4.74 Å². The van der Waals surface area contributed by atoms with Crippen molar-refractivity contribution in [3.8, 4) is 17.9 Å². The number of carbonyl (C=O) groups is 1. The average molecular weight is 383 g/mol. The molecular weight excluding hydrogens is 362 g/mol. The van der Waals surface area contributed by atoms with Crippen LogP contribution in [0, 0.1) is 28.1 Å². The summed E-state index contributed by atoms with van der Waals surface area (Å²) in [7, 11) is 0. The third kappa shape index (κ3) is 2.70. The first kappa shape index (κ1) is 18.8. The predicted molar refractivity (Wildman–Crippen MR) is 109 cm³/mol. The van der Waals surface area contributed by atoms with Crippen LogP contribution in [0.1, 0.15) is 42.5 Å². The lowest BCUT2D eigenvalue weighted by Gasteiger charge is -2.34. The second-order valence-electron chi connectivity index (χ2n) is 7.42. The highest BCUT2D eigenvalue weighted by Crippen LogP contribution is 2.59. The number of carbonyl (C=O) groups excluding carboxylic acids is 1. The standard InChI is InChI=1S/C24H21N3O2/c1-3-29-19-10-8-18(9-11-19)21-22(16(2)28)27-13-12-17-6-4-5-7-20(17)23(27)24(21,14-25)15-26/h4-13,21-23H,3H2,1-2H3/t21-,22+,23+/m1/s1. The van der Waals surface area contributed by atoms with Gasteiger partial charge in [0.1, 0.15) is 5.75 Å². The van der Waals surface area contributed by atoms with Gasteiger partial charge < -0.3 is 9.64 Å². The first-order valence-electron chi connectivity index (χ1n) is 9.67. The summed E-state index contributed by atoms with van der Waals surface area (Å²) in [5, 5.41) is 20.6. The van der Waals surface area contributed by atoms with Crippen LogP contribution in [0.25, 0.3) is 6.08 Å². The highest BCUT2D eigenvalue weighted by Gasteiger charge is 2.63. The lowest BCUT2D eigenvalue weighted by Crippen LogP contribution is -2.36. The quantitative estimate of drug-likeness (QED) is 0.791. The SMILES string of the molecule is CCOc1ccc([C@@H]2[C@H](C(C)=O)N3C=Cc4ccccc4[C@H]3C2(C#N)C#N)cc1. The van der Waals surface area contributed by atoms with Gasteiger partial charge in [-0.15, -0.1) is 0 Å². The molecule has 144 valence electrons. The first-order chi connectivity index (χ1) is 14.1. The summed E-state index contributed by atoms with van der Waals surface area (Å²) in [6, 6.07) is 18.7. The highest BCUT2D eigenvalue weighted by atomic mass is 16.5. The molecule has 1 saturated heterocycles. The number of nitrogens with zero attached hydrogens (tertiary/aromatic N) is 3. The van der Waals surface area contributed by atoms with Gasteiger partial charge in [0.15, 0.2) is 11.2 Å². The summed E-state index contributed by atoms with van der Waals surface area (Å²) < 4.78 is 5.52. The van der Waals surface area contributed by atoms with E-state index in [2.05, 4.69) is 12.1 Å². The van der Waals surface area contributed by atoms with E-state index in [0.29, 0.717) is 6.61 Å². The Morgan fingerprint density at radius 1 is 1.14 bits per heavy atom. The van der Waals surface area contributed by atoms with Gasteiger partial charge in [0, 0.05) is 12.1 Å². The fourth-order valence-corrected chi connectivity index (χ4v) is 4.76. The molecule has 29 heavy (non-hydrogen) atoms. The van der Waals surface area contributed by atoms with Crippen molar-refractivity contribution in [3.05, 3.63) is 71.4 Å². The molecule has 0 aromatic heterocycles. The summed E-state index contributed by atoms with van der Waals surface area (Å²) in [4.78, 5) is 14.7. The molecule has 0 aliphatic carbocycles. The molecule has 0 N–H and O–H groups in total. The molecule has 2 aliphatic heterocycles. The number of ketones is 1. The second kappa shape index (κ2) is 7.11. The molecule has 5 nitrogen and oxygen atoms in total. The molecule has 4 rings (SSSR count). The van der Waals surface area contributed by atoms with E-state index in [1.165, 1.54) is 6.92 Å². The van der Waals surface area contributed by atoms with Gasteiger partial charge in [-0.05, 0) is 48.7 Å². The van der Waals surface area contributed by atoms with Crippen molar-refractivity contribution >= 4 is 11.9 Å². The molecule has 0 unspecified atom stereocenters. The number of ether oxygens (including phenoxy) is 1. The van der Waals surface area contributed by atoms with Crippen LogP contribution in [-0.2, 0) is 4.79 Å². The minimum Gasteiger partial charge on any atom is -0.494 e. The third-order valence-corrected chi connectivity index (χ3v) is 5.91. The Hall–Kier alpha value is -3.57. The zero-order valence-corrected chi connectivity index (χ0v) is 16.4. The first-order valence-corrected chi connectivity index (χ1v) is 9.67. The maximum absolute atomic E-state index is 12.8. The number of benzene rings is 2. The van der Waals surface area contributed by atoms with Gasteiger partial charge in [-0.25, -0.2) is 0 Å². The zero-order valence-electron chi connectivity index (χ0n) is 16.4. The Kier molecular flexibility index (Phi) is 4.60. The Morgan fingerprint density at radius 3 is 2.45 bits per heavy atom. The van der Waals surface area contributed by atoms with Crippen LogP contribution in [0.5, 0.6) is 5.75 Å². The predicted octanol–water partition coefficient (Wildman–Crippen LogP) is 4.20. The van der Waals surface area contributed by atoms with E-state index in [9.17, 15) is 15.3 Å². The van der Waals surface area contributed by atoms with Gasteiger partial charge in [0.05, 0.1) is 30.8 Å². The Bertz CT molecular complexity index is 1040.